The van der Waals surface area contributed by atoms with E-state index in [-0.39, 0.29) is 12.3 Å². The Morgan fingerprint density at radius 1 is 1.40 bits per heavy atom. The lowest BCUT2D eigenvalue weighted by Crippen LogP contribution is -2.15. The number of nitrogens with two attached hydrogens (primary N) is 1. The quantitative estimate of drug-likeness (QED) is 0.885. The van der Waals surface area contributed by atoms with Crippen molar-refractivity contribution in [1.82, 2.24) is 4.98 Å². The first-order valence-electron chi connectivity index (χ1n) is 5.96. The number of nitrogens with zero attached hydrogens (tertiary/aromatic N) is 1. The molecule has 1 aromatic carbocycles. The first-order valence-corrected chi connectivity index (χ1v) is 7.60. The molecule has 1 amide bonds. The van der Waals surface area contributed by atoms with Crippen molar-refractivity contribution >= 4 is 46.1 Å². The third-order valence-corrected chi connectivity index (χ3v) is 4.01. The summed E-state index contributed by atoms with van der Waals surface area (Å²) in [5.74, 6) is -0.168. The predicted octanol–water partition coefficient (Wildman–Crippen LogP) is 3.13. The summed E-state index contributed by atoms with van der Waals surface area (Å²) in [5.41, 5.74) is 6.74. The number of halogens is 2. The molecule has 1 heterocycles. The van der Waals surface area contributed by atoms with Crippen LogP contribution < -0.4 is 11.1 Å². The molecule has 0 unspecified atom stereocenters. The van der Waals surface area contributed by atoms with Gasteiger partial charge in [-0.05, 0) is 24.7 Å². The molecule has 0 saturated carbocycles. The van der Waals surface area contributed by atoms with Gasteiger partial charge in [-0.2, -0.15) is 0 Å². The van der Waals surface area contributed by atoms with Crippen LogP contribution in [0.3, 0.4) is 0 Å². The van der Waals surface area contributed by atoms with Crippen LogP contribution in [0, 0.1) is 0 Å². The number of aromatic nitrogens is 1. The van der Waals surface area contributed by atoms with Gasteiger partial charge in [-0.1, -0.05) is 23.2 Å². The van der Waals surface area contributed by atoms with Crippen molar-refractivity contribution in [2.75, 3.05) is 11.9 Å². The van der Waals surface area contributed by atoms with Gasteiger partial charge in [0.05, 0.1) is 27.8 Å². The van der Waals surface area contributed by atoms with Gasteiger partial charge in [-0.3, -0.25) is 4.79 Å². The number of rotatable bonds is 5. The van der Waals surface area contributed by atoms with Crippen LogP contribution in [0.5, 0.6) is 0 Å². The molecular formula is C13H13Cl2N3OS. The van der Waals surface area contributed by atoms with Crippen molar-refractivity contribution in [2.45, 2.75) is 12.8 Å². The maximum atomic E-state index is 11.9. The second kappa shape index (κ2) is 7.04. The van der Waals surface area contributed by atoms with E-state index in [1.165, 1.54) is 11.3 Å². The largest absolute Gasteiger partial charge is 0.330 e. The van der Waals surface area contributed by atoms with E-state index in [0.29, 0.717) is 22.3 Å². The smallest absolute Gasteiger partial charge is 0.230 e. The molecule has 7 heteroatoms. The molecule has 4 nitrogen and oxygen atoms in total. The number of anilines is 1. The molecule has 0 bridgehead atoms. The maximum Gasteiger partial charge on any atom is 0.230 e. The highest BCUT2D eigenvalue weighted by molar-refractivity contribution is 7.09. The normalized spacial score (nSPS) is 10.6. The number of carbonyl (C=O) groups is 1. The minimum Gasteiger partial charge on any atom is -0.330 e. The number of amides is 1. The third kappa shape index (κ3) is 4.18. The van der Waals surface area contributed by atoms with E-state index < -0.39 is 0 Å². The van der Waals surface area contributed by atoms with Crippen LogP contribution in [0.1, 0.15) is 10.7 Å². The first-order chi connectivity index (χ1) is 9.58. The summed E-state index contributed by atoms with van der Waals surface area (Å²) in [6, 6.07) is 4.93. The van der Waals surface area contributed by atoms with Crippen LogP contribution in [-0.2, 0) is 17.6 Å². The van der Waals surface area contributed by atoms with Crippen LogP contribution >= 0.6 is 34.5 Å². The number of thiazole rings is 1. The predicted molar refractivity (Wildman–Crippen MR) is 83.7 cm³/mol. The average molecular weight is 330 g/mol. The molecule has 0 aliphatic heterocycles. The van der Waals surface area contributed by atoms with E-state index in [4.69, 9.17) is 28.9 Å². The summed E-state index contributed by atoms with van der Waals surface area (Å²) in [4.78, 5) is 16.3. The Morgan fingerprint density at radius 2 is 2.20 bits per heavy atom. The summed E-state index contributed by atoms with van der Waals surface area (Å²) < 4.78 is 0. The van der Waals surface area contributed by atoms with Crippen LogP contribution in [0.4, 0.5) is 5.69 Å². The minimum absolute atomic E-state index is 0.168. The molecule has 3 N–H and O–H groups in total. The van der Waals surface area contributed by atoms with Crippen molar-refractivity contribution in [3.05, 3.63) is 44.3 Å². The van der Waals surface area contributed by atoms with E-state index in [9.17, 15) is 4.79 Å². The molecule has 1 aromatic heterocycles. The van der Waals surface area contributed by atoms with Crippen molar-refractivity contribution in [1.29, 1.82) is 0 Å². The molecule has 0 aliphatic carbocycles. The van der Waals surface area contributed by atoms with Gasteiger partial charge < -0.3 is 11.1 Å². The van der Waals surface area contributed by atoms with Gasteiger partial charge in [0, 0.05) is 16.8 Å². The Hall–Kier alpha value is -1.14. The highest BCUT2D eigenvalue weighted by Crippen LogP contribution is 2.25. The monoisotopic (exact) mass is 329 g/mol. The number of benzene rings is 1. The van der Waals surface area contributed by atoms with Crippen molar-refractivity contribution in [3.63, 3.8) is 0 Å². The summed E-state index contributed by atoms with van der Waals surface area (Å²) in [7, 11) is 0. The number of nitrogens with one attached hydrogen (secondary N) is 1. The van der Waals surface area contributed by atoms with Crippen LogP contribution in [0.15, 0.2) is 23.6 Å². The second-order valence-electron chi connectivity index (χ2n) is 4.12. The van der Waals surface area contributed by atoms with Crippen molar-refractivity contribution in [3.8, 4) is 0 Å². The molecule has 20 heavy (non-hydrogen) atoms. The van der Waals surface area contributed by atoms with E-state index in [2.05, 4.69) is 10.3 Å². The summed E-state index contributed by atoms with van der Waals surface area (Å²) in [6.07, 6.45) is 0.940. The molecule has 2 rings (SSSR count). The maximum absolute atomic E-state index is 11.9. The standard InChI is InChI=1S/C13H13Cl2N3OS/c14-8-1-2-11(10(15)5-8)18-12(19)6-9-7-20-13(17-9)3-4-16/h1-2,5,7H,3-4,6,16H2,(H,18,19). The van der Waals surface area contributed by atoms with Gasteiger partial charge in [-0.15, -0.1) is 11.3 Å². The SMILES string of the molecule is NCCc1nc(CC(=O)Nc2ccc(Cl)cc2Cl)cs1. The van der Waals surface area contributed by atoms with Crippen molar-refractivity contribution < 1.29 is 4.79 Å². The summed E-state index contributed by atoms with van der Waals surface area (Å²) in [5, 5.41) is 6.49. The second-order valence-corrected chi connectivity index (χ2v) is 5.91. The third-order valence-electron chi connectivity index (χ3n) is 2.50. The van der Waals surface area contributed by atoms with Gasteiger partial charge in [0.25, 0.3) is 0 Å². The van der Waals surface area contributed by atoms with E-state index in [1.54, 1.807) is 18.2 Å². The Labute approximate surface area is 130 Å². The molecule has 0 atom stereocenters. The average Bonchev–Trinajstić information content (AvgIpc) is 2.81. The number of hydrogen-bond donors (Lipinski definition) is 2. The highest BCUT2D eigenvalue weighted by Gasteiger charge is 2.10. The molecule has 0 fully saturated rings. The molecule has 0 aliphatic rings. The van der Waals surface area contributed by atoms with E-state index >= 15 is 0 Å². The lowest BCUT2D eigenvalue weighted by Gasteiger charge is -2.06. The van der Waals surface area contributed by atoms with Gasteiger partial charge in [0.1, 0.15) is 0 Å². The molecule has 0 saturated heterocycles. The molecular weight excluding hydrogens is 317 g/mol. The lowest BCUT2D eigenvalue weighted by atomic mass is 10.3. The zero-order valence-electron chi connectivity index (χ0n) is 10.5. The van der Waals surface area contributed by atoms with Gasteiger partial charge in [-0.25, -0.2) is 4.98 Å². The van der Waals surface area contributed by atoms with Crippen LogP contribution in [-0.4, -0.2) is 17.4 Å². The van der Waals surface area contributed by atoms with Crippen LogP contribution in [0.25, 0.3) is 0 Å². The Morgan fingerprint density at radius 3 is 2.90 bits per heavy atom. The van der Waals surface area contributed by atoms with Crippen molar-refractivity contribution in [2.24, 2.45) is 5.73 Å². The van der Waals surface area contributed by atoms with E-state index in [1.807, 2.05) is 5.38 Å². The first kappa shape index (κ1) is 15.3. The topological polar surface area (TPSA) is 68.0 Å². The number of hydrogen-bond acceptors (Lipinski definition) is 4. The van der Waals surface area contributed by atoms with Gasteiger partial charge in [0.15, 0.2) is 0 Å². The molecule has 106 valence electrons. The fraction of sp³-hybridized carbons (Fsp3) is 0.231. The lowest BCUT2D eigenvalue weighted by molar-refractivity contribution is -0.115. The number of carbonyl (C=O) groups excluding carboxylic acids is 1. The summed E-state index contributed by atoms with van der Waals surface area (Å²) >= 11 is 13.3. The minimum atomic E-state index is -0.168. The zero-order chi connectivity index (χ0) is 14.5. The Balaban J connectivity index is 1.97. The van der Waals surface area contributed by atoms with Gasteiger partial charge >= 0.3 is 0 Å². The Bertz CT molecular complexity index is 615. The molecule has 0 radical (unpaired) electrons. The Kier molecular flexibility index (Phi) is 5.37. The fourth-order valence-corrected chi connectivity index (χ4v) is 2.89. The molecule has 0 spiro atoms. The summed E-state index contributed by atoms with van der Waals surface area (Å²) in [6.45, 7) is 0.555. The zero-order valence-corrected chi connectivity index (χ0v) is 12.9. The fourth-order valence-electron chi connectivity index (χ4n) is 1.62. The van der Waals surface area contributed by atoms with E-state index in [0.717, 1.165) is 17.1 Å². The molecule has 2 aromatic rings. The van der Waals surface area contributed by atoms with Gasteiger partial charge in [0.2, 0.25) is 5.91 Å². The van der Waals surface area contributed by atoms with Crippen LogP contribution in [0.2, 0.25) is 10.0 Å². The highest BCUT2D eigenvalue weighted by atomic mass is 35.5.